The molecule has 0 aliphatic carbocycles. The summed E-state index contributed by atoms with van der Waals surface area (Å²) >= 11 is 0. The van der Waals surface area contributed by atoms with E-state index in [1.807, 2.05) is 25.3 Å². The van der Waals surface area contributed by atoms with Crippen molar-refractivity contribution in [3.63, 3.8) is 0 Å². The third-order valence-electron chi connectivity index (χ3n) is 3.54. The smallest absolute Gasteiger partial charge is 0.270 e. The monoisotopic (exact) mass is 275 g/mol. The molecule has 0 bridgehead atoms. The van der Waals surface area contributed by atoms with E-state index >= 15 is 0 Å². The molecule has 1 amide bonds. The van der Waals surface area contributed by atoms with Crippen LogP contribution < -0.4 is 5.32 Å². The summed E-state index contributed by atoms with van der Waals surface area (Å²) in [6.45, 7) is 4.38. The third kappa shape index (κ3) is 2.17. The number of carbonyl (C=O) groups excluding carboxylic acids is 1. The second kappa shape index (κ2) is 4.88. The van der Waals surface area contributed by atoms with Gasteiger partial charge in [-0.15, -0.1) is 0 Å². The number of imidazole rings is 1. The molecule has 3 heterocycles. The van der Waals surface area contributed by atoms with Crippen LogP contribution in [0.15, 0.2) is 18.3 Å². The lowest BCUT2D eigenvalue weighted by Crippen LogP contribution is -2.43. The number of hydrogen-bond donors (Lipinski definition) is 2. The minimum Gasteiger partial charge on any atom is -0.388 e. The number of aromatic nitrogens is 2. The molecule has 1 aliphatic rings. The largest absolute Gasteiger partial charge is 0.388 e. The number of rotatable bonds is 2. The van der Waals surface area contributed by atoms with E-state index in [9.17, 15) is 9.90 Å². The summed E-state index contributed by atoms with van der Waals surface area (Å²) in [7, 11) is 0. The average Bonchev–Trinajstić information content (AvgIpc) is 2.92. The highest BCUT2D eigenvalue weighted by atomic mass is 16.5. The number of aliphatic hydroxyl groups is 1. The summed E-state index contributed by atoms with van der Waals surface area (Å²) in [6, 6.07) is 3.49. The molecular weight excluding hydrogens is 258 g/mol. The Balaban J connectivity index is 1.93. The molecule has 0 aromatic carbocycles. The highest BCUT2D eigenvalue weighted by molar-refractivity contribution is 5.95. The van der Waals surface area contributed by atoms with Crippen molar-refractivity contribution in [2.45, 2.75) is 26.0 Å². The fourth-order valence-corrected chi connectivity index (χ4v) is 2.46. The molecule has 2 aromatic rings. The first-order chi connectivity index (χ1) is 9.56. The van der Waals surface area contributed by atoms with Crippen LogP contribution in [0.4, 0.5) is 0 Å². The summed E-state index contributed by atoms with van der Waals surface area (Å²) in [5.41, 5.74) is 3.01. The second-order valence-electron chi connectivity index (χ2n) is 5.16. The van der Waals surface area contributed by atoms with Gasteiger partial charge in [0.05, 0.1) is 31.1 Å². The van der Waals surface area contributed by atoms with Gasteiger partial charge in [0.25, 0.3) is 5.91 Å². The maximum absolute atomic E-state index is 12.4. The lowest BCUT2D eigenvalue weighted by molar-refractivity contribution is 0.0880. The zero-order valence-corrected chi connectivity index (χ0v) is 11.5. The van der Waals surface area contributed by atoms with Crippen molar-refractivity contribution in [2.75, 3.05) is 13.2 Å². The van der Waals surface area contributed by atoms with Crippen LogP contribution in [0.25, 0.3) is 5.65 Å². The predicted molar refractivity (Wildman–Crippen MR) is 72.7 cm³/mol. The van der Waals surface area contributed by atoms with Crippen LogP contribution in [-0.2, 0) is 4.74 Å². The number of amides is 1. The van der Waals surface area contributed by atoms with Gasteiger partial charge in [0, 0.05) is 6.20 Å². The van der Waals surface area contributed by atoms with Crippen LogP contribution in [-0.4, -0.2) is 45.8 Å². The van der Waals surface area contributed by atoms with Gasteiger partial charge in [0.15, 0.2) is 0 Å². The number of nitrogens with zero attached hydrogens (tertiary/aromatic N) is 2. The lowest BCUT2D eigenvalue weighted by atomic mass is 10.2. The molecule has 0 radical (unpaired) electrons. The molecule has 2 atom stereocenters. The number of pyridine rings is 1. The van der Waals surface area contributed by atoms with Crippen LogP contribution in [0.5, 0.6) is 0 Å². The molecule has 6 heteroatoms. The standard InChI is InChI=1S/C14H17N3O3/c1-8-3-4-17-12(5-8)15-9(2)13(17)14(19)16-10-6-20-7-11(10)18/h3-5,10-11,18H,6-7H2,1-2H3,(H,16,19)/t10-,11-/m0/s1. The number of nitrogens with one attached hydrogen (secondary N) is 1. The zero-order chi connectivity index (χ0) is 14.3. The number of aliphatic hydroxyl groups excluding tert-OH is 1. The topological polar surface area (TPSA) is 75.9 Å². The summed E-state index contributed by atoms with van der Waals surface area (Å²) in [6.07, 6.45) is 1.18. The van der Waals surface area contributed by atoms with Crippen molar-refractivity contribution < 1.29 is 14.6 Å². The SMILES string of the molecule is Cc1ccn2c(C(=O)N[C@H]3COC[C@@H]3O)c(C)nc2c1. The Hall–Kier alpha value is -1.92. The molecule has 0 unspecified atom stereocenters. The number of aryl methyl sites for hydroxylation is 2. The summed E-state index contributed by atoms with van der Waals surface area (Å²) in [4.78, 5) is 16.8. The van der Waals surface area contributed by atoms with Crippen molar-refractivity contribution >= 4 is 11.6 Å². The van der Waals surface area contributed by atoms with Crippen molar-refractivity contribution in [3.05, 3.63) is 35.3 Å². The van der Waals surface area contributed by atoms with E-state index in [1.165, 1.54) is 0 Å². The number of hydrogen-bond acceptors (Lipinski definition) is 4. The van der Waals surface area contributed by atoms with Crippen molar-refractivity contribution in [3.8, 4) is 0 Å². The Morgan fingerprint density at radius 1 is 1.50 bits per heavy atom. The highest BCUT2D eigenvalue weighted by Gasteiger charge is 2.29. The summed E-state index contributed by atoms with van der Waals surface area (Å²) in [5, 5.41) is 12.5. The van der Waals surface area contributed by atoms with Gasteiger partial charge < -0.3 is 15.2 Å². The van der Waals surface area contributed by atoms with Gasteiger partial charge in [-0.05, 0) is 31.5 Å². The van der Waals surface area contributed by atoms with Gasteiger partial charge in [-0.2, -0.15) is 0 Å². The molecule has 1 aliphatic heterocycles. The zero-order valence-electron chi connectivity index (χ0n) is 11.5. The Morgan fingerprint density at radius 3 is 3.00 bits per heavy atom. The van der Waals surface area contributed by atoms with E-state index in [0.717, 1.165) is 11.2 Å². The summed E-state index contributed by atoms with van der Waals surface area (Å²) < 4.78 is 6.90. The molecule has 2 aromatic heterocycles. The number of carbonyl (C=O) groups is 1. The first kappa shape index (κ1) is 13.1. The van der Waals surface area contributed by atoms with E-state index in [4.69, 9.17) is 4.74 Å². The van der Waals surface area contributed by atoms with Gasteiger partial charge in [0.1, 0.15) is 11.3 Å². The number of ether oxygens (including phenoxy) is 1. The number of fused-ring (bicyclic) bond motifs is 1. The first-order valence-electron chi connectivity index (χ1n) is 6.58. The maximum Gasteiger partial charge on any atom is 0.270 e. The Labute approximate surface area is 116 Å². The Morgan fingerprint density at radius 2 is 2.30 bits per heavy atom. The van der Waals surface area contributed by atoms with E-state index in [2.05, 4.69) is 10.3 Å². The Bertz CT molecular complexity index is 665. The van der Waals surface area contributed by atoms with E-state index in [1.54, 1.807) is 11.3 Å². The minimum atomic E-state index is -0.652. The normalized spacial score (nSPS) is 22.4. The molecule has 6 nitrogen and oxygen atoms in total. The van der Waals surface area contributed by atoms with Crippen LogP contribution in [0.2, 0.25) is 0 Å². The molecule has 0 spiro atoms. The van der Waals surface area contributed by atoms with Crippen molar-refractivity contribution in [1.82, 2.24) is 14.7 Å². The predicted octanol–water partition coefficient (Wildman–Crippen LogP) is 0.441. The third-order valence-corrected chi connectivity index (χ3v) is 3.54. The quantitative estimate of drug-likeness (QED) is 0.834. The molecule has 2 N–H and O–H groups in total. The second-order valence-corrected chi connectivity index (χ2v) is 5.16. The van der Waals surface area contributed by atoms with Crippen LogP contribution in [0, 0.1) is 13.8 Å². The van der Waals surface area contributed by atoms with Gasteiger partial charge >= 0.3 is 0 Å². The van der Waals surface area contributed by atoms with Gasteiger partial charge in [-0.25, -0.2) is 4.98 Å². The van der Waals surface area contributed by atoms with Gasteiger partial charge in [0.2, 0.25) is 0 Å². The molecule has 20 heavy (non-hydrogen) atoms. The molecular formula is C14H17N3O3. The van der Waals surface area contributed by atoms with Crippen LogP contribution in [0.3, 0.4) is 0 Å². The molecule has 3 rings (SSSR count). The van der Waals surface area contributed by atoms with E-state index < -0.39 is 6.10 Å². The van der Waals surface area contributed by atoms with Crippen molar-refractivity contribution in [2.24, 2.45) is 0 Å². The van der Waals surface area contributed by atoms with E-state index in [-0.39, 0.29) is 18.6 Å². The molecule has 106 valence electrons. The summed E-state index contributed by atoms with van der Waals surface area (Å²) in [5.74, 6) is -0.242. The highest BCUT2D eigenvalue weighted by Crippen LogP contribution is 2.14. The van der Waals surface area contributed by atoms with Crippen molar-refractivity contribution in [1.29, 1.82) is 0 Å². The molecule has 0 saturated carbocycles. The van der Waals surface area contributed by atoms with Crippen LogP contribution >= 0.6 is 0 Å². The first-order valence-corrected chi connectivity index (χ1v) is 6.58. The molecule has 1 saturated heterocycles. The fraction of sp³-hybridized carbons (Fsp3) is 0.429. The lowest BCUT2D eigenvalue weighted by Gasteiger charge is -2.14. The van der Waals surface area contributed by atoms with Gasteiger partial charge in [-0.1, -0.05) is 0 Å². The van der Waals surface area contributed by atoms with Crippen LogP contribution in [0.1, 0.15) is 21.7 Å². The van der Waals surface area contributed by atoms with Gasteiger partial charge in [-0.3, -0.25) is 9.20 Å². The minimum absolute atomic E-state index is 0.242. The maximum atomic E-state index is 12.4. The molecule has 1 fully saturated rings. The Kier molecular flexibility index (Phi) is 3.19. The van der Waals surface area contributed by atoms with E-state index in [0.29, 0.717) is 18.0 Å². The fourth-order valence-electron chi connectivity index (χ4n) is 2.46. The average molecular weight is 275 g/mol.